The van der Waals surface area contributed by atoms with E-state index in [9.17, 15) is 9.90 Å². The molecule has 0 aliphatic rings. The summed E-state index contributed by atoms with van der Waals surface area (Å²) in [4.78, 5) is 11.6. The maximum Gasteiger partial charge on any atom is 0.314 e. The van der Waals surface area contributed by atoms with Gasteiger partial charge in [0.15, 0.2) is 0 Å². The number of rotatable bonds is 5. The molecule has 4 heteroatoms. The van der Waals surface area contributed by atoms with Crippen molar-refractivity contribution in [2.75, 3.05) is 13.6 Å². The van der Waals surface area contributed by atoms with Crippen LogP contribution in [0.5, 0.6) is 0 Å². The lowest BCUT2D eigenvalue weighted by atomic mass is 9.79. The topological polar surface area (TPSA) is 62.5 Å². The number of nitrogens with one attached hydrogen (secondary N) is 1. The fourth-order valence-corrected chi connectivity index (χ4v) is 2.14. The van der Waals surface area contributed by atoms with Crippen molar-refractivity contribution >= 4 is 16.9 Å². The van der Waals surface area contributed by atoms with E-state index in [0.717, 1.165) is 16.5 Å². The minimum atomic E-state index is -0.935. The number of para-hydroxylation sites is 1. The highest BCUT2D eigenvalue weighted by atomic mass is 16.4. The van der Waals surface area contributed by atoms with Gasteiger partial charge in [0.25, 0.3) is 0 Å². The van der Waals surface area contributed by atoms with E-state index in [2.05, 4.69) is 5.32 Å². The minimum absolute atomic E-state index is 0.516. The number of hydrogen-bond acceptors (Lipinski definition) is 3. The second kappa shape index (κ2) is 4.82. The maximum absolute atomic E-state index is 11.6. The van der Waals surface area contributed by atoms with Crippen LogP contribution in [0.1, 0.15) is 18.9 Å². The molecular weight excluding hydrogens is 230 g/mol. The zero-order valence-corrected chi connectivity index (χ0v) is 10.6. The molecule has 0 bridgehead atoms. The predicted octanol–water partition coefficient (Wildman–Crippen LogP) is 2.38. The van der Waals surface area contributed by atoms with Crippen molar-refractivity contribution in [1.29, 1.82) is 0 Å². The molecule has 1 unspecified atom stereocenters. The van der Waals surface area contributed by atoms with Crippen molar-refractivity contribution < 1.29 is 14.3 Å². The molecule has 0 radical (unpaired) electrons. The molecule has 1 aromatic heterocycles. The van der Waals surface area contributed by atoms with Crippen LogP contribution in [0.4, 0.5) is 0 Å². The van der Waals surface area contributed by atoms with Crippen LogP contribution >= 0.6 is 0 Å². The van der Waals surface area contributed by atoms with Crippen LogP contribution in [0, 0.1) is 0 Å². The van der Waals surface area contributed by atoms with Gasteiger partial charge in [0.2, 0.25) is 0 Å². The van der Waals surface area contributed by atoms with Gasteiger partial charge in [0.05, 0.1) is 11.7 Å². The van der Waals surface area contributed by atoms with Gasteiger partial charge in [-0.05, 0) is 33.0 Å². The smallest absolute Gasteiger partial charge is 0.314 e. The van der Waals surface area contributed by atoms with E-state index in [1.807, 2.05) is 31.3 Å². The van der Waals surface area contributed by atoms with Crippen LogP contribution in [0.2, 0.25) is 0 Å². The molecule has 0 aliphatic carbocycles. The SMILES string of the molecule is CNCCC(C)(C(=O)O)c1coc2ccccc12. The Kier molecular flexibility index (Phi) is 3.39. The van der Waals surface area contributed by atoms with Gasteiger partial charge in [-0.2, -0.15) is 0 Å². The molecule has 0 saturated carbocycles. The van der Waals surface area contributed by atoms with Crippen molar-refractivity contribution in [2.24, 2.45) is 0 Å². The first kappa shape index (κ1) is 12.6. The molecular formula is C14H17NO3. The van der Waals surface area contributed by atoms with Crippen LogP contribution < -0.4 is 5.32 Å². The van der Waals surface area contributed by atoms with Crippen LogP contribution in [0.15, 0.2) is 34.9 Å². The fraction of sp³-hybridized carbons (Fsp3) is 0.357. The molecule has 96 valence electrons. The van der Waals surface area contributed by atoms with Crippen LogP contribution in [-0.2, 0) is 10.2 Å². The summed E-state index contributed by atoms with van der Waals surface area (Å²) in [6.45, 7) is 2.38. The second-order valence-electron chi connectivity index (χ2n) is 4.64. The third kappa shape index (κ3) is 1.99. The zero-order valence-electron chi connectivity index (χ0n) is 10.6. The van der Waals surface area contributed by atoms with Gasteiger partial charge in [0, 0.05) is 10.9 Å². The van der Waals surface area contributed by atoms with Gasteiger partial charge in [-0.25, -0.2) is 0 Å². The van der Waals surface area contributed by atoms with E-state index < -0.39 is 11.4 Å². The summed E-state index contributed by atoms with van der Waals surface area (Å²) in [7, 11) is 1.82. The molecule has 0 amide bonds. The molecule has 2 N–H and O–H groups in total. The van der Waals surface area contributed by atoms with Crippen LogP contribution in [0.25, 0.3) is 11.0 Å². The summed E-state index contributed by atoms with van der Waals surface area (Å²) in [5, 5.41) is 13.4. The average Bonchev–Trinajstić information content (AvgIpc) is 2.80. The van der Waals surface area contributed by atoms with Gasteiger partial charge in [-0.15, -0.1) is 0 Å². The standard InChI is InChI=1S/C14H17NO3/c1-14(13(16)17,7-8-15-2)11-9-18-12-6-4-3-5-10(11)12/h3-6,9,15H,7-8H2,1-2H3,(H,16,17). The van der Waals surface area contributed by atoms with Crippen LogP contribution in [0.3, 0.4) is 0 Å². The zero-order chi connectivity index (χ0) is 13.2. The van der Waals surface area contributed by atoms with Crippen LogP contribution in [-0.4, -0.2) is 24.7 Å². The monoisotopic (exact) mass is 247 g/mol. The Labute approximate surface area is 106 Å². The maximum atomic E-state index is 11.6. The minimum Gasteiger partial charge on any atom is -0.481 e. The molecule has 18 heavy (non-hydrogen) atoms. The Bertz CT molecular complexity index is 561. The van der Waals surface area contributed by atoms with Crippen molar-refractivity contribution in [2.45, 2.75) is 18.8 Å². The van der Waals surface area contributed by atoms with E-state index in [-0.39, 0.29) is 0 Å². The Morgan fingerprint density at radius 1 is 1.44 bits per heavy atom. The Morgan fingerprint density at radius 2 is 2.17 bits per heavy atom. The van der Waals surface area contributed by atoms with E-state index in [1.165, 1.54) is 0 Å². The largest absolute Gasteiger partial charge is 0.481 e. The summed E-state index contributed by atoms with van der Waals surface area (Å²) >= 11 is 0. The lowest BCUT2D eigenvalue weighted by Gasteiger charge is -2.23. The lowest BCUT2D eigenvalue weighted by molar-refractivity contribution is -0.143. The molecule has 1 aromatic carbocycles. The summed E-state index contributed by atoms with van der Waals surface area (Å²) in [6.07, 6.45) is 2.08. The Morgan fingerprint density at radius 3 is 2.83 bits per heavy atom. The number of fused-ring (bicyclic) bond motifs is 1. The number of aliphatic carboxylic acids is 1. The van der Waals surface area contributed by atoms with E-state index >= 15 is 0 Å². The highest BCUT2D eigenvalue weighted by Gasteiger charge is 2.37. The number of carboxylic acids is 1. The first-order valence-electron chi connectivity index (χ1n) is 5.94. The Hall–Kier alpha value is -1.81. The number of furan rings is 1. The normalized spacial score (nSPS) is 14.6. The summed E-state index contributed by atoms with van der Waals surface area (Å²) < 4.78 is 5.44. The van der Waals surface area contributed by atoms with Gasteiger partial charge in [-0.3, -0.25) is 4.79 Å². The summed E-state index contributed by atoms with van der Waals surface area (Å²) in [5.41, 5.74) is 0.528. The molecule has 4 nitrogen and oxygen atoms in total. The number of carboxylic acid groups (broad SMARTS) is 1. The summed E-state index contributed by atoms with van der Waals surface area (Å²) in [5.74, 6) is -0.829. The van der Waals surface area contributed by atoms with Gasteiger partial charge < -0.3 is 14.8 Å². The van der Waals surface area contributed by atoms with Gasteiger partial charge >= 0.3 is 5.97 Å². The lowest BCUT2D eigenvalue weighted by Crippen LogP contribution is -2.35. The third-order valence-electron chi connectivity index (χ3n) is 3.42. The van der Waals surface area contributed by atoms with Crippen molar-refractivity contribution in [3.05, 3.63) is 36.1 Å². The van der Waals surface area contributed by atoms with Gasteiger partial charge in [-0.1, -0.05) is 18.2 Å². The average molecular weight is 247 g/mol. The predicted molar refractivity (Wildman–Crippen MR) is 69.7 cm³/mol. The van der Waals surface area contributed by atoms with Crippen molar-refractivity contribution in [3.63, 3.8) is 0 Å². The number of benzene rings is 1. The molecule has 1 heterocycles. The molecule has 0 aliphatic heterocycles. The highest BCUT2D eigenvalue weighted by Crippen LogP contribution is 2.34. The molecule has 2 rings (SSSR count). The molecule has 0 fully saturated rings. The number of carbonyl (C=O) groups is 1. The number of hydrogen-bond donors (Lipinski definition) is 2. The first-order chi connectivity index (χ1) is 8.59. The summed E-state index contributed by atoms with van der Waals surface area (Å²) in [6, 6.07) is 7.51. The van der Waals surface area contributed by atoms with E-state index in [0.29, 0.717) is 13.0 Å². The molecule has 2 aromatic rings. The third-order valence-corrected chi connectivity index (χ3v) is 3.42. The van der Waals surface area contributed by atoms with Gasteiger partial charge in [0.1, 0.15) is 5.58 Å². The second-order valence-corrected chi connectivity index (χ2v) is 4.64. The quantitative estimate of drug-likeness (QED) is 0.851. The highest BCUT2D eigenvalue weighted by molar-refractivity contribution is 5.90. The van der Waals surface area contributed by atoms with E-state index in [4.69, 9.17) is 4.42 Å². The molecule has 1 atom stereocenters. The van der Waals surface area contributed by atoms with Crippen molar-refractivity contribution in [1.82, 2.24) is 5.32 Å². The van der Waals surface area contributed by atoms with Crippen molar-refractivity contribution in [3.8, 4) is 0 Å². The molecule has 0 saturated heterocycles. The Balaban J connectivity index is 2.51. The fourth-order valence-electron chi connectivity index (χ4n) is 2.14. The van der Waals surface area contributed by atoms with E-state index in [1.54, 1.807) is 13.2 Å². The molecule has 0 spiro atoms. The first-order valence-corrected chi connectivity index (χ1v) is 5.94.